The lowest BCUT2D eigenvalue weighted by atomic mass is 9.93. The summed E-state index contributed by atoms with van der Waals surface area (Å²) in [6.07, 6.45) is 0.768. The van der Waals surface area contributed by atoms with Crippen LogP contribution in [0.3, 0.4) is 0 Å². The molecular formula is C24H24ClF3N4O4S. The minimum absolute atomic E-state index is 0.0237. The van der Waals surface area contributed by atoms with Gasteiger partial charge in [-0.05, 0) is 18.1 Å². The highest BCUT2D eigenvalue weighted by Crippen LogP contribution is 2.40. The van der Waals surface area contributed by atoms with Gasteiger partial charge in [-0.15, -0.1) is 11.3 Å². The fourth-order valence-electron chi connectivity index (χ4n) is 4.73. The molecular weight excluding hydrogens is 533 g/mol. The number of hydrogen-bond acceptors (Lipinski definition) is 8. The minimum atomic E-state index is -3.04. The summed E-state index contributed by atoms with van der Waals surface area (Å²) in [4.78, 5) is 34.7. The largest absolute Gasteiger partial charge is 0.481 e. The molecule has 0 aliphatic carbocycles. The van der Waals surface area contributed by atoms with Crippen molar-refractivity contribution < 1.29 is 32.6 Å². The fraction of sp³-hybridized carbons (Fsp3) is 0.417. The lowest BCUT2D eigenvalue weighted by Gasteiger charge is -2.32. The number of benzene rings is 1. The third kappa shape index (κ3) is 5.97. The van der Waals surface area contributed by atoms with Gasteiger partial charge in [0.05, 0.1) is 19.2 Å². The van der Waals surface area contributed by atoms with Crippen LogP contribution in [0.15, 0.2) is 46.0 Å². The molecule has 0 bridgehead atoms. The number of thiazole rings is 1. The van der Waals surface area contributed by atoms with Crippen LogP contribution in [0, 0.1) is 11.7 Å². The molecule has 3 atom stereocenters. The summed E-state index contributed by atoms with van der Waals surface area (Å²) in [5.74, 6) is -5.77. The number of nitrogens with one attached hydrogen (secondary N) is 1. The molecule has 3 heterocycles. The zero-order valence-electron chi connectivity index (χ0n) is 19.9. The summed E-state index contributed by atoms with van der Waals surface area (Å²) in [6, 6.07) is 1.89. The third-order valence-corrected chi connectivity index (χ3v) is 7.46. The average molecular weight is 557 g/mol. The molecule has 0 amide bonds. The Morgan fingerprint density at radius 3 is 2.78 bits per heavy atom. The van der Waals surface area contributed by atoms with Crippen molar-refractivity contribution in [2.45, 2.75) is 37.8 Å². The molecule has 0 spiro atoms. The number of carboxylic acids is 1. The van der Waals surface area contributed by atoms with Gasteiger partial charge in [-0.2, -0.15) is 0 Å². The van der Waals surface area contributed by atoms with Gasteiger partial charge in [0.25, 0.3) is 5.92 Å². The molecule has 1 aromatic carbocycles. The first-order valence-electron chi connectivity index (χ1n) is 11.3. The highest BCUT2D eigenvalue weighted by Gasteiger charge is 2.48. The van der Waals surface area contributed by atoms with E-state index in [0.29, 0.717) is 10.6 Å². The van der Waals surface area contributed by atoms with E-state index in [2.05, 4.69) is 15.3 Å². The van der Waals surface area contributed by atoms with Gasteiger partial charge in [0.2, 0.25) is 0 Å². The first kappa shape index (κ1) is 27.1. The highest BCUT2D eigenvalue weighted by atomic mass is 35.5. The molecule has 13 heteroatoms. The number of aromatic nitrogens is 1. The van der Waals surface area contributed by atoms with Gasteiger partial charge in [-0.3, -0.25) is 14.7 Å². The Morgan fingerprint density at radius 1 is 1.41 bits per heavy atom. The third-order valence-electron chi connectivity index (χ3n) is 6.35. The summed E-state index contributed by atoms with van der Waals surface area (Å²) in [5, 5.41) is 14.5. The lowest BCUT2D eigenvalue weighted by Crippen LogP contribution is -2.43. The normalized spacial score (nSPS) is 22.4. The number of nitrogens with zero attached hydrogens (tertiary/aromatic N) is 3. The Bertz CT molecular complexity index is 1250. The van der Waals surface area contributed by atoms with E-state index in [4.69, 9.17) is 16.3 Å². The topological polar surface area (TPSA) is 104 Å². The predicted molar refractivity (Wildman–Crippen MR) is 131 cm³/mol. The van der Waals surface area contributed by atoms with E-state index in [1.165, 1.54) is 35.5 Å². The number of hydrogen-bond donors (Lipinski definition) is 2. The molecule has 4 rings (SSSR count). The van der Waals surface area contributed by atoms with Gasteiger partial charge >= 0.3 is 11.9 Å². The van der Waals surface area contributed by atoms with Crippen LogP contribution in [0.4, 0.5) is 13.2 Å². The summed E-state index contributed by atoms with van der Waals surface area (Å²) in [6.45, 7) is 0.849. The quantitative estimate of drug-likeness (QED) is 0.468. The number of likely N-dealkylation sites (tertiary alicyclic amines) is 1. The second-order valence-corrected chi connectivity index (χ2v) is 10.3. The standard InChI is InChI=1S/C24H24ClF3N4O4S/c1-12(7-18(33)34)17-9-24(27,28)11-32(17)10-16-19(23(35)36-2)20(14-4-3-13(26)8-15(14)25)31-21(30-16)22-29-5-6-37-22/h3-6,8,12,17,20H,7,9-11H2,1-2H3,(H,30,31)(H,33,34). The SMILES string of the molecule is COC(=O)C1=C(CN2CC(F)(F)CC2C(C)CC(=O)O)NC(c2nccs2)=NC1c1ccc(F)cc1Cl. The molecule has 198 valence electrons. The Kier molecular flexibility index (Phi) is 7.91. The van der Waals surface area contributed by atoms with Crippen LogP contribution in [0.25, 0.3) is 0 Å². The maximum atomic E-state index is 14.5. The van der Waals surface area contributed by atoms with Crippen molar-refractivity contribution in [2.75, 3.05) is 20.2 Å². The van der Waals surface area contributed by atoms with Gasteiger partial charge in [0.15, 0.2) is 10.8 Å². The Hall–Kier alpha value is -2.96. The minimum Gasteiger partial charge on any atom is -0.481 e. The van der Waals surface area contributed by atoms with Crippen molar-refractivity contribution in [3.05, 3.63) is 62.5 Å². The summed E-state index contributed by atoms with van der Waals surface area (Å²) < 4.78 is 47.9. The molecule has 2 aromatic rings. The molecule has 1 fully saturated rings. The van der Waals surface area contributed by atoms with Gasteiger partial charge in [-0.25, -0.2) is 22.9 Å². The van der Waals surface area contributed by atoms with Crippen LogP contribution >= 0.6 is 22.9 Å². The average Bonchev–Trinajstić information content (AvgIpc) is 3.45. The zero-order valence-corrected chi connectivity index (χ0v) is 21.5. The van der Waals surface area contributed by atoms with Crippen LogP contribution in [0.2, 0.25) is 5.02 Å². The molecule has 37 heavy (non-hydrogen) atoms. The van der Waals surface area contributed by atoms with Crippen LogP contribution in [-0.2, 0) is 14.3 Å². The van der Waals surface area contributed by atoms with Crippen molar-refractivity contribution in [3.8, 4) is 0 Å². The van der Waals surface area contributed by atoms with E-state index in [0.717, 1.165) is 6.07 Å². The second kappa shape index (κ2) is 10.8. The number of esters is 1. The smallest absolute Gasteiger partial charge is 0.338 e. The first-order valence-corrected chi connectivity index (χ1v) is 12.6. The number of aliphatic carboxylic acids is 1. The van der Waals surface area contributed by atoms with E-state index < -0.39 is 54.6 Å². The van der Waals surface area contributed by atoms with Gasteiger partial charge in [-0.1, -0.05) is 24.6 Å². The summed E-state index contributed by atoms with van der Waals surface area (Å²) in [5.41, 5.74) is 0.581. The zero-order chi connectivity index (χ0) is 26.9. The van der Waals surface area contributed by atoms with Crippen molar-refractivity contribution in [2.24, 2.45) is 10.9 Å². The predicted octanol–water partition coefficient (Wildman–Crippen LogP) is 4.27. The fourth-order valence-corrected chi connectivity index (χ4v) is 5.59. The van der Waals surface area contributed by atoms with Crippen LogP contribution in [0.1, 0.15) is 36.4 Å². The van der Waals surface area contributed by atoms with Crippen LogP contribution < -0.4 is 5.32 Å². The number of ether oxygens (including phenoxy) is 1. The molecule has 2 N–H and O–H groups in total. The highest BCUT2D eigenvalue weighted by molar-refractivity contribution is 7.11. The number of methoxy groups -OCH3 is 1. The lowest BCUT2D eigenvalue weighted by molar-refractivity contribution is -0.138. The van der Waals surface area contributed by atoms with Gasteiger partial charge < -0.3 is 15.2 Å². The second-order valence-electron chi connectivity index (χ2n) is 9.00. The van der Waals surface area contributed by atoms with Crippen molar-refractivity contribution in [1.29, 1.82) is 0 Å². The summed E-state index contributed by atoms with van der Waals surface area (Å²) in [7, 11) is 1.18. The Labute approximate surface area is 219 Å². The first-order chi connectivity index (χ1) is 17.5. The van der Waals surface area contributed by atoms with Crippen molar-refractivity contribution in [3.63, 3.8) is 0 Å². The molecule has 1 saturated heterocycles. The number of carboxylic acid groups (broad SMARTS) is 1. The molecule has 1 aromatic heterocycles. The van der Waals surface area contributed by atoms with Crippen molar-refractivity contribution in [1.82, 2.24) is 15.2 Å². The number of rotatable bonds is 8. The Balaban J connectivity index is 1.80. The number of halogens is 4. The molecule has 0 radical (unpaired) electrons. The van der Waals surface area contributed by atoms with Gasteiger partial charge in [0, 0.05) is 53.3 Å². The van der Waals surface area contributed by atoms with E-state index in [1.54, 1.807) is 18.5 Å². The van der Waals surface area contributed by atoms with Gasteiger partial charge in [0.1, 0.15) is 11.9 Å². The van der Waals surface area contributed by atoms with Crippen LogP contribution in [-0.4, -0.2) is 64.9 Å². The van der Waals surface area contributed by atoms with E-state index >= 15 is 0 Å². The van der Waals surface area contributed by atoms with E-state index in [-0.39, 0.29) is 35.1 Å². The number of amidine groups is 1. The molecule has 0 saturated carbocycles. The number of carbonyl (C=O) groups is 2. The molecule has 8 nitrogen and oxygen atoms in total. The molecule has 2 aliphatic rings. The molecule has 2 aliphatic heterocycles. The maximum absolute atomic E-state index is 14.5. The number of aliphatic imine (C=N–C) groups is 1. The number of carbonyl (C=O) groups excluding carboxylic acids is 1. The summed E-state index contributed by atoms with van der Waals surface area (Å²) >= 11 is 7.61. The monoisotopic (exact) mass is 556 g/mol. The van der Waals surface area contributed by atoms with E-state index in [9.17, 15) is 27.9 Å². The molecule has 3 unspecified atom stereocenters. The maximum Gasteiger partial charge on any atom is 0.338 e. The van der Waals surface area contributed by atoms with Crippen LogP contribution in [0.5, 0.6) is 0 Å². The Morgan fingerprint density at radius 2 is 2.16 bits per heavy atom. The van der Waals surface area contributed by atoms with E-state index in [1.807, 2.05) is 0 Å². The van der Waals surface area contributed by atoms with Crippen molar-refractivity contribution >= 4 is 40.7 Å². The number of alkyl halides is 2.